The van der Waals surface area contributed by atoms with E-state index in [1.165, 1.54) is 6.42 Å². The topological polar surface area (TPSA) is 27.7 Å². The monoisotopic (exact) mass is 224 g/mol. The van der Waals surface area contributed by atoms with Gasteiger partial charge in [0.2, 0.25) is 0 Å². The molecule has 0 aliphatic carbocycles. The molecular weight excluding hydrogens is 204 g/mol. The molecule has 86 valence electrons. The molecule has 0 saturated carbocycles. The van der Waals surface area contributed by atoms with Crippen molar-refractivity contribution in [3.05, 3.63) is 0 Å². The lowest BCUT2D eigenvalue weighted by Gasteiger charge is -2.05. The molecule has 0 bridgehead atoms. The van der Waals surface area contributed by atoms with Crippen LogP contribution in [0.4, 0.5) is 0 Å². The van der Waals surface area contributed by atoms with Gasteiger partial charge in [-0.2, -0.15) is 0 Å². The van der Waals surface area contributed by atoms with Crippen LogP contribution in [0.15, 0.2) is 0 Å². The number of hydrogen-bond acceptors (Lipinski definition) is 3. The highest BCUT2D eigenvalue weighted by Gasteiger charge is 1.90. The van der Waals surface area contributed by atoms with E-state index in [1.807, 2.05) is 0 Å². The van der Waals surface area contributed by atoms with E-state index in [2.05, 4.69) is 6.92 Å². The van der Waals surface area contributed by atoms with Gasteiger partial charge in [0.15, 0.2) is 0 Å². The predicted octanol–water partition coefficient (Wildman–Crippen LogP) is 2.08. The molecule has 0 aliphatic heterocycles. The predicted molar refractivity (Wildman–Crippen MR) is 58.1 cm³/mol. The van der Waals surface area contributed by atoms with Crippen LogP contribution in [0.2, 0.25) is 0 Å². The Morgan fingerprint density at radius 1 is 0.786 bits per heavy atom. The fourth-order valence-electron chi connectivity index (χ4n) is 0.843. The molecule has 0 saturated heterocycles. The van der Waals surface area contributed by atoms with Gasteiger partial charge in [-0.05, 0) is 6.42 Å². The zero-order valence-corrected chi connectivity index (χ0v) is 9.72. The number of alkyl halides is 1. The molecule has 0 spiro atoms. The van der Waals surface area contributed by atoms with Crippen LogP contribution in [0.1, 0.15) is 19.8 Å². The van der Waals surface area contributed by atoms with Crippen molar-refractivity contribution in [1.82, 2.24) is 0 Å². The maximum absolute atomic E-state index is 5.43. The van der Waals surface area contributed by atoms with Crippen LogP contribution < -0.4 is 0 Å². The normalized spacial score (nSPS) is 10.7. The molecule has 0 unspecified atom stereocenters. The summed E-state index contributed by atoms with van der Waals surface area (Å²) >= 11 is 5.43. The van der Waals surface area contributed by atoms with E-state index in [1.54, 1.807) is 0 Å². The third-order valence-corrected chi connectivity index (χ3v) is 1.76. The van der Waals surface area contributed by atoms with Crippen LogP contribution >= 0.6 is 11.6 Å². The van der Waals surface area contributed by atoms with Gasteiger partial charge in [-0.25, -0.2) is 0 Å². The van der Waals surface area contributed by atoms with Crippen molar-refractivity contribution < 1.29 is 14.2 Å². The summed E-state index contributed by atoms with van der Waals surface area (Å²) in [7, 11) is 0. The molecule has 0 aromatic rings. The van der Waals surface area contributed by atoms with Gasteiger partial charge in [-0.15, -0.1) is 11.6 Å². The van der Waals surface area contributed by atoms with Crippen LogP contribution in [0.25, 0.3) is 0 Å². The molecule has 3 nitrogen and oxygen atoms in total. The highest BCUT2D eigenvalue weighted by molar-refractivity contribution is 6.17. The van der Waals surface area contributed by atoms with Crippen LogP contribution in [0, 0.1) is 0 Å². The minimum Gasteiger partial charge on any atom is -0.379 e. The Morgan fingerprint density at radius 3 is 1.79 bits per heavy atom. The van der Waals surface area contributed by atoms with E-state index in [0.717, 1.165) is 13.0 Å². The summed E-state index contributed by atoms with van der Waals surface area (Å²) in [6.07, 6.45) is 2.30. The first-order chi connectivity index (χ1) is 6.91. The van der Waals surface area contributed by atoms with E-state index in [4.69, 9.17) is 25.8 Å². The van der Waals surface area contributed by atoms with Crippen LogP contribution in [0.3, 0.4) is 0 Å². The second-order valence-electron chi connectivity index (χ2n) is 2.88. The Hall–Kier alpha value is 0.170. The first-order valence-electron chi connectivity index (χ1n) is 5.21. The van der Waals surface area contributed by atoms with Gasteiger partial charge in [-0.1, -0.05) is 13.3 Å². The number of hydrogen-bond donors (Lipinski definition) is 0. The average molecular weight is 225 g/mol. The fraction of sp³-hybridized carbons (Fsp3) is 1.00. The van der Waals surface area contributed by atoms with Gasteiger partial charge < -0.3 is 14.2 Å². The Labute approximate surface area is 91.7 Å². The van der Waals surface area contributed by atoms with Gasteiger partial charge in [0.05, 0.1) is 33.0 Å². The second-order valence-corrected chi connectivity index (χ2v) is 3.26. The highest BCUT2D eigenvalue weighted by atomic mass is 35.5. The molecule has 14 heavy (non-hydrogen) atoms. The summed E-state index contributed by atoms with van der Waals surface area (Å²) < 4.78 is 15.7. The Kier molecular flexibility index (Phi) is 13.3. The smallest absolute Gasteiger partial charge is 0.0701 e. The molecule has 0 aliphatic rings. The molecule has 0 aromatic carbocycles. The van der Waals surface area contributed by atoms with E-state index in [9.17, 15) is 0 Å². The van der Waals surface area contributed by atoms with Crippen molar-refractivity contribution in [1.29, 1.82) is 0 Å². The van der Waals surface area contributed by atoms with Crippen molar-refractivity contribution >= 4 is 11.6 Å². The van der Waals surface area contributed by atoms with Gasteiger partial charge >= 0.3 is 0 Å². The lowest BCUT2D eigenvalue weighted by atomic mass is 10.4. The van der Waals surface area contributed by atoms with E-state index < -0.39 is 0 Å². The van der Waals surface area contributed by atoms with Gasteiger partial charge in [0, 0.05) is 12.5 Å². The summed E-state index contributed by atoms with van der Waals surface area (Å²) in [5, 5.41) is 0. The van der Waals surface area contributed by atoms with Gasteiger partial charge in [0.1, 0.15) is 0 Å². The molecule has 0 N–H and O–H groups in total. The average Bonchev–Trinajstić information content (AvgIpc) is 2.21. The van der Waals surface area contributed by atoms with E-state index in [-0.39, 0.29) is 0 Å². The van der Waals surface area contributed by atoms with Crippen molar-refractivity contribution in [3.8, 4) is 0 Å². The van der Waals surface area contributed by atoms with Gasteiger partial charge in [-0.3, -0.25) is 0 Å². The molecular formula is C10H21ClO3. The first-order valence-corrected chi connectivity index (χ1v) is 5.74. The summed E-state index contributed by atoms with van der Waals surface area (Å²) in [5.74, 6) is 0.542. The number of unbranched alkanes of at least 4 members (excludes halogenated alkanes) is 1. The maximum Gasteiger partial charge on any atom is 0.0701 e. The van der Waals surface area contributed by atoms with Crippen molar-refractivity contribution in [2.45, 2.75) is 19.8 Å². The standard InChI is InChI=1S/C10H21ClO3/c1-2-3-5-12-7-9-14-10-8-13-6-4-11/h2-10H2,1H3. The first kappa shape index (κ1) is 14.2. The summed E-state index contributed by atoms with van der Waals surface area (Å²) in [5.41, 5.74) is 0. The lowest BCUT2D eigenvalue weighted by molar-refractivity contribution is 0.0168. The largest absolute Gasteiger partial charge is 0.379 e. The van der Waals surface area contributed by atoms with Gasteiger partial charge in [0.25, 0.3) is 0 Å². The Morgan fingerprint density at radius 2 is 1.29 bits per heavy atom. The SMILES string of the molecule is CCCCOCCOCCOCCCl. The number of rotatable bonds is 11. The summed E-state index contributed by atoms with van der Waals surface area (Å²) in [6, 6.07) is 0. The molecule has 0 heterocycles. The minimum absolute atomic E-state index is 0.542. The fourth-order valence-corrected chi connectivity index (χ4v) is 0.952. The minimum atomic E-state index is 0.542. The van der Waals surface area contributed by atoms with E-state index in [0.29, 0.717) is 38.9 Å². The van der Waals surface area contributed by atoms with Crippen molar-refractivity contribution in [3.63, 3.8) is 0 Å². The number of halogens is 1. The molecule has 0 fully saturated rings. The third kappa shape index (κ3) is 12.2. The summed E-state index contributed by atoms with van der Waals surface area (Å²) in [6.45, 7) is 6.13. The van der Waals surface area contributed by atoms with Crippen LogP contribution in [-0.4, -0.2) is 45.5 Å². The molecule has 0 rings (SSSR count). The molecule has 4 heteroatoms. The highest BCUT2D eigenvalue weighted by Crippen LogP contribution is 1.88. The Balaban J connectivity index is 2.78. The lowest BCUT2D eigenvalue weighted by Crippen LogP contribution is -2.10. The maximum atomic E-state index is 5.43. The molecule has 0 amide bonds. The molecule has 0 radical (unpaired) electrons. The molecule has 0 atom stereocenters. The van der Waals surface area contributed by atoms with Crippen LogP contribution in [-0.2, 0) is 14.2 Å². The zero-order valence-electron chi connectivity index (χ0n) is 8.97. The molecule has 0 aromatic heterocycles. The Bertz CT molecular complexity index is 89.4. The van der Waals surface area contributed by atoms with Crippen molar-refractivity contribution in [2.24, 2.45) is 0 Å². The zero-order chi connectivity index (χ0) is 10.5. The third-order valence-electron chi connectivity index (χ3n) is 1.61. The van der Waals surface area contributed by atoms with E-state index >= 15 is 0 Å². The quantitative estimate of drug-likeness (QED) is 0.397. The van der Waals surface area contributed by atoms with Crippen LogP contribution in [0.5, 0.6) is 0 Å². The second kappa shape index (κ2) is 13.2. The summed E-state index contributed by atoms with van der Waals surface area (Å²) in [4.78, 5) is 0. The van der Waals surface area contributed by atoms with Crippen molar-refractivity contribution in [2.75, 3.05) is 45.5 Å². The number of ether oxygens (including phenoxy) is 3.